The summed E-state index contributed by atoms with van der Waals surface area (Å²) in [5, 5.41) is 0. The monoisotopic (exact) mass is 289 g/mol. The van der Waals surface area contributed by atoms with E-state index in [0.29, 0.717) is 18.5 Å². The highest BCUT2D eigenvalue weighted by molar-refractivity contribution is 5.81. The fraction of sp³-hybridized carbons (Fsp3) is 0.588. The van der Waals surface area contributed by atoms with Gasteiger partial charge in [-0.05, 0) is 37.5 Å². The summed E-state index contributed by atoms with van der Waals surface area (Å²) in [6, 6.07) is 7.29. The van der Waals surface area contributed by atoms with Crippen LogP contribution in [0.15, 0.2) is 29.3 Å². The Morgan fingerprint density at radius 1 is 1.24 bits per heavy atom. The molecule has 1 unspecified atom stereocenters. The molecule has 4 heteroatoms. The van der Waals surface area contributed by atoms with Crippen molar-refractivity contribution in [3.05, 3.63) is 35.6 Å². The SMILES string of the molecule is CC1(c2cccc(F)c2)CN=C(N)N1C1CCCCCC1. The quantitative estimate of drug-likeness (QED) is 0.848. The number of guanidine groups is 1. The van der Waals surface area contributed by atoms with Crippen molar-refractivity contribution in [2.75, 3.05) is 6.54 Å². The third-order valence-corrected chi connectivity index (χ3v) is 4.96. The molecule has 0 spiro atoms. The predicted molar refractivity (Wildman–Crippen MR) is 83.6 cm³/mol. The molecule has 1 aliphatic heterocycles. The van der Waals surface area contributed by atoms with Crippen molar-refractivity contribution < 1.29 is 4.39 Å². The first-order valence-electron chi connectivity index (χ1n) is 7.96. The van der Waals surface area contributed by atoms with Gasteiger partial charge in [-0.2, -0.15) is 0 Å². The minimum Gasteiger partial charge on any atom is -0.370 e. The molecule has 0 radical (unpaired) electrons. The molecule has 1 aliphatic carbocycles. The molecule has 1 heterocycles. The summed E-state index contributed by atoms with van der Waals surface area (Å²) in [6.45, 7) is 2.74. The smallest absolute Gasteiger partial charge is 0.192 e. The molecule has 0 amide bonds. The fourth-order valence-corrected chi connectivity index (χ4v) is 3.80. The highest BCUT2D eigenvalue weighted by Crippen LogP contribution is 2.37. The van der Waals surface area contributed by atoms with Gasteiger partial charge in [0.1, 0.15) is 5.82 Å². The second kappa shape index (κ2) is 5.66. The average Bonchev–Trinajstić information content (AvgIpc) is 2.67. The fourth-order valence-electron chi connectivity index (χ4n) is 3.80. The predicted octanol–water partition coefficient (Wildman–Crippen LogP) is 3.39. The first-order valence-corrected chi connectivity index (χ1v) is 7.96. The van der Waals surface area contributed by atoms with Gasteiger partial charge in [0.15, 0.2) is 5.96 Å². The van der Waals surface area contributed by atoms with E-state index in [0.717, 1.165) is 18.4 Å². The molecule has 1 atom stereocenters. The van der Waals surface area contributed by atoms with Crippen molar-refractivity contribution in [3.63, 3.8) is 0 Å². The van der Waals surface area contributed by atoms with Crippen LogP contribution in [0.25, 0.3) is 0 Å². The summed E-state index contributed by atoms with van der Waals surface area (Å²) < 4.78 is 13.6. The second-order valence-electron chi connectivity index (χ2n) is 6.47. The molecule has 0 bridgehead atoms. The normalized spacial score (nSPS) is 27.5. The zero-order valence-electron chi connectivity index (χ0n) is 12.7. The van der Waals surface area contributed by atoms with E-state index in [-0.39, 0.29) is 11.4 Å². The highest BCUT2D eigenvalue weighted by Gasteiger charge is 2.43. The lowest BCUT2D eigenvalue weighted by atomic mass is 9.88. The Balaban J connectivity index is 1.93. The van der Waals surface area contributed by atoms with Gasteiger partial charge in [-0.25, -0.2) is 4.39 Å². The molecule has 114 valence electrons. The largest absolute Gasteiger partial charge is 0.370 e. The molecule has 2 N–H and O–H groups in total. The van der Waals surface area contributed by atoms with Crippen LogP contribution in [0.2, 0.25) is 0 Å². The van der Waals surface area contributed by atoms with E-state index in [1.807, 2.05) is 6.07 Å². The molecule has 2 aliphatic rings. The Bertz CT molecular complexity index is 535. The number of benzene rings is 1. The van der Waals surface area contributed by atoms with Crippen LogP contribution in [0.5, 0.6) is 0 Å². The third-order valence-electron chi connectivity index (χ3n) is 4.96. The number of hydrogen-bond acceptors (Lipinski definition) is 3. The van der Waals surface area contributed by atoms with Crippen LogP contribution in [0.1, 0.15) is 51.0 Å². The summed E-state index contributed by atoms with van der Waals surface area (Å²) in [4.78, 5) is 6.74. The third kappa shape index (κ3) is 2.63. The molecular formula is C17H24FN3. The standard InChI is InChI=1S/C17H24FN3/c1-17(13-7-6-8-14(18)11-13)12-20-16(19)21(17)15-9-4-2-3-5-10-15/h6-8,11,15H,2-5,9-10,12H2,1H3,(H2,19,20). The molecule has 0 saturated heterocycles. The molecule has 1 fully saturated rings. The summed E-state index contributed by atoms with van der Waals surface area (Å²) in [6.07, 6.45) is 7.40. The van der Waals surface area contributed by atoms with Gasteiger partial charge in [-0.1, -0.05) is 37.8 Å². The van der Waals surface area contributed by atoms with Crippen molar-refractivity contribution >= 4 is 5.96 Å². The van der Waals surface area contributed by atoms with Gasteiger partial charge >= 0.3 is 0 Å². The minimum atomic E-state index is -0.318. The van der Waals surface area contributed by atoms with E-state index in [4.69, 9.17) is 5.73 Å². The maximum Gasteiger partial charge on any atom is 0.192 e. The Morgan fingerprint density at radius 2 is 1.95 bits per heavy atom. The lowest BCUT2D eigenvalue weighted by Gasteiger charge is -2.42. The maximum atomic E-state index is 13.6. The molecule has 21 heavy (non-hydrogen) atoms. The average molecular weight is 289 g/mol. The van der Waals surface area contributed by atoms with Gasteiger partial charge in [-0.15, -0.1) is 0 Å². The number of aliphatic imine (C=N–C) groups is 1. The number of halogens is 1. The zero-order chi connectivity index (χ0) is 14.9. The van der Waals surface area contributed by atoms with E-state index >= 15 is 0 Å². The summed E-state index contributed by atoms with van der Waals surface area (Å²) >= 11 is 0. The number of hydrogen-bond donors (Lipinski definition) is 1. The van der Waals surface area contributed by atoms with Gasteiger partial charge in [0.2, 0.25) is 0 Å². The topological polar surface area (TPSA) is 41.6 Å². The van der Waals surface area contributed by atoms with Crippen LogP contribution in [0.3, 0.4) is 0 Å². The van der Waals surface area contributed by atoms with Crippen molar-refractivity contribution in [3.8, 4) is 0 Å². The molecular weight excluding hydrogens is 265 g/mol. The van der Waals surface area contributed by atoms with Crippen LogP contribution >= 0.6 is 0 Å². The van der Waals surface area contributed by atoms with E-state index in [1.165, 1.54) is 31.7 Å². The van der Waals surface area contributed by atoms with E-state index < -0.39 is 0 Å². The van der Waals surface area contributed by atoms with Crippen LogP contribution in [0.4, 0.5) is 4.39 Å². The molecule has 3 nitrogen and oxygen atoms in total. The maximum absolute atomic E-state index is 13.6. The first-order chi connectivity index (χ1) is 10.1. The Labute approximate surface area is 126 Å². The second-order valence-corrected chi connectivity index (χ2v) is 6.47. The van der Waals surface area contributed by atoms with Gasteiger partial charge in [0, 0.05) is 6.04 Å². The van der Waals surface area contributed by atoms with Crippen LogP contribution in [-0.2, 0) is 5.54 Å². The lowest BCUT2D eigenvalue weighted by molar-refractivity contribution is 0.151. The number of nitrogens with zero attached hydrogens (tertiary/aromatic N) is 2. The molecule has 3 rings (SSSR count). The Hall–Kier alpha value is -1.58. The van der Waals surface area contributed by atoms with Crippen molar-refractivity contribution in [1.29, 1.82) is 0 Å². The summed E-state index contributed by atoms with van der Waals surface area (Å²) in [5.41, 5.74) is 6.84. The van der Waals surface area contributed by atoms with Crippen LogP contribution < -0.4 is 5.73 Å². The van der Waals surface area contributed by atoms with Gasteiger partial charge in [0.05, 0.1) is 12.1 Å². The van der Waals surface area contributed by atoms with Crippen molar-refractivity contribution in [2.45, 2.75) is 57.0 Å². The van der Waals surface area contributed by atoms with Gasteiger partial charge in [0.25, 0.3) is 0 Å². The Kier molecular flexibility index (Phi) is 3.87. The first kappa shape index (κ1) is 14.4. The molecule has 1 aromatic carbocycles. The molecule has 1 saturated carbocycles. The molecule has 0 aromatic heterocycles. The van der Waals surface area contributed by atoms with Crippen LogP contribution in [-0.4, -0.2) is 23.4 Å². The van der Waals surface area contributed by atoms with Gasteiger partial charge < -0.3 is 10.6 Å². The summed E-state index contributed by atoms with van der Waals surface area (Å²) in [5.74, 6) is 0.425. The highest BCUT2D eigenvalue weighted by atomic mass is 19.1. The molecule has 1 aromatic rings. The van der Waals surface area contributed by atoms with Crippen molar-refractivity contribution in [1.82, 2.24) is 4.90 Å². The van der Waals surface area contributed by atoms with E-state index in [1.54, 1.807) is 12.1 Å². The summed E-state index contributed by atoms with van der Waals surface area (Å²) in [7, 11) is 0. The zero-order valence-corrected chi connectivity index (χ0v) is 12.7. The minimum absolute atomic E-state index is 0.194. The van der Waals surface area contributed by atoms with E-state index in [9.17, 15) is 4.39 Å². The van der Waals surface area contributed by atoms with Gasteiger partial charge in [-0.3, -0.25) is 4.99 Å². The van der Waals surface area contributed by atoms with E-state index in [2.05, 4.69) is 16.8 Å². The lowest BCUT2D eigenvalue weighted by Crippen LogP contribution is -2.52. The Morgan fingerprint density at radius 3 is 2.62 bits per heavy atom. The number of nitrogens with two attached hydrogens (primary N) is 1. The number of rotatable bonds is 2. The van der Waals surface area contributed by atoms with Crippen LogP contribution in [0, 0.1) is 5.82 Å². The van der Waals surface area contributed by atoms with Crippen molar-refractivity contribution in [2.24, 2.45) is 10.7 Å².